The number of ether oxygens (including phenoxy) is 1. The fourth-order valence-corrected chi connectivity index (χ4v) is 1.75. The molecule has 0 radical (unpaired) electrons. The van der Waals surface area contributed by atoms with Gasteiger partial charge in [-0.15, -0.1) is 0 Å². The third-order valence-corrected chi connectivity index (χ3v) is 2.50. The third-order valence-electron chi connectivity index (χ3n) is 2.07. The molecule has 0 unspecified atom stereocenters. The van der Waals surface area contributed by atoms with Crippen molar-refractivity contribution in [3.8, 4) is 11.5 Å². The van der Waals surface area contributed by atoms with Crippen molar-refractivity contribution in [1.82, 2.24) is 15.3 Å². The monoisotopic (exact) mass is 293 g/mol. The highest BCUT2D eigenvalue weighted by molar-refractivity contribution is 9.10. The number of hydrogen-bond acceptors (Lipinski definition) is 4. The van der Waals surface area contributed by atoms with Gasteiger partial charge in [0.2, 0.25) is 0 Å². The number of nitrogens with one attached hydrogen (secondary N) is 1. The zero-order valence-electron chi connectivity index (χ0n) is 9.35. The van der Waals surface area contributed by atoms with Crippen molar-refractivity contribution in [2.45, 2.75) is 6.54 Å². The Balaban J connectivity index is 2.15. The summed E-state index contributed by atoms with van der Waals surface area (Å²) in [6.07, 6.45) is 6.86. The second-order valence-electron chi connectivity index (χ2n) is 3.50. The first-order chi connectivity index (χ1) is 8.28. The SMILES string of the molecule is CNCc1cncc(Oc2cncc(Br)c2)c1. The number of rotatable bonds is 4. The smallest absolute Gasteiger partial charge is 0.146 e. The van der Waals surface area contributed by atoms with Crippen molar-refractivity contribution in [2.24, 2.45) is 0 Å². The van der Waals surface area contributed by atoms with E-state index in [4.69, 9.17) is 4.74 Å². The second-order valence-corrected chi connectivity index (χ2v) is 4.42. The summed E-state index contributed by atoms with van der Waals surface area (Å²) in [7, 11) is 1.89. The van der Waals surface area contributed by atoms with Crippen LogP contribution < -0.4 is 10.1 Å². The van der Waals surface area contributed by atoms with Gasteiger partial charge in [0.15, 0.2) is 0 Å². The molecule has 5 heteroatoms. The lowest BCUT2D eigenvalue weighted by Crippen LogP contribution is -2.05. The van der Waals surface area contributed by atoms with Crippen LogP contribution in [0.2, 0.25) is 0 Å². The lowest BCUT2D eigenvalue weighted by molar-refractivity contribution is 0.476. The molecule has 0 saturated heterocycles. The molecule has 4 nitrogen and oxygen atoms in total. The van der Waals surface area contributed by atoms with Gasteiger partial charge < -0.3 is 10.1 Å². The second kappa shape index (κ2) is 5.75. The normalized spacial score (nSPS) is 10.2. The topological polar surface area (TPSA) is 47.0 Å². The summed E-state index contributed by atoms with van der Waals surface area (Å²) < 4.78 is 6.55. The van der Waals surface area contributed by atoms with E-state index in [-0.39, 0.29) is 0 Å². The number of halogens is 1. The quantitative estimate of drug-likeness (QED) is 0.942. The number of hydrogen-bond donors (Lipinski definition) is 1. The maximum atomic E-state index is 5.66. The minimum Gasteiger partial charge on any atom is -0.454 e. The zero-order valence-corrected chi connectivity index (χ0v) is 10.9. The van der Waals surface area contributed by atoms with Gasteiger partial charge in [-0.25, -0.2) is 0 Å². The molecule has 2 rings (SSSR count). The minimum atomic E-state index is 0.683. The number of nitrogens with zero attached hydrogens (tertiary/aromatic N) is 2. The molecule has 0 spiro atoms. The summed E-state index contributed by atoms with van der Waals surface area (Å²) in [5.41, 5.74) is 1.08. The molecular weight excluding hydrogens is 282 g/mol. The molecule has 1 N–H and O–H groups in total. The van der Waals surface area contributed by atoms with Gasteiger partial charge in [0.05, 0.1) is 12.4 Å². The molecule has 0 amide bonds. The molecule has 0 fully saturated rings. The molecule has 0 aliphatic heterocycles. The van der Waals surface area contributed by atoms with Crippen LogP contribution in [0.25, 0.3) is 0 Å². The largest absolute Gasteiger partial charge is 0.454 e. The van der Waals surface area contributed by atoms with Gasteiger partial charge in [0.25, 0.3) is 0 Å². The Hall–Kier alpha value is -1.46. The van der Waals surface area contributed by atoms with Crippen molar-refractivity contribution < 1.29 is 4.74 Å². The molecule has 0 bridgehead atoms. The van der Waals surface area contributed by atoms with E-state index in [9.17, 15) is 0 Å². The molecule has 2 aromatic heterocycles. The summed E-state index contributed by atoms with van der Waals surface area (Å²) in [4.78, 5) is 8.16. The standard InChI is InChI=1S/C12H12BrN3O/c1-14-4-9-2-11(7-15-5-9)17-12-3-10(13)6-16-8-12/h2-3,5-8,14H,4H2,1H3. The van der Waals surface area contributed by atoms with Gasteiger partial charge in [-0.2, -0.15) is 0 Å². The average Bonchev–Trinajstić information content (AvgIpc) is 2.30. The molecule has 0 saturated carbocycles. The molecule has 2 aromatic rings. The van der Waals surface area contributed by atoms with Crippen molar-refractivity contribution in [1.29, 1.82) is 0 Å². The predicted molar refractivity (Wildman–Crippen MR) is 69.0 cm³/mol. The lowest BCUT2D eigenvalue weighted by Gasteiger charge is -2.06. The van der Waals surface area contributed by atoms with Crippen LogP contribution in [-0.4, -0.2) is 17.0 Å². The van der Waals surface area contributed by atoms with Crippen LogP contribution in [-0.2, 0) is 6.54 Å². The van der Waals surface area contributed by atoms with Crippen LogP contribution in [0.15, 0.2) is 41.4 Å². The number of pyridine rings is 2. The highest BCUT2D eigenvalue weighted by Gasteiger charge is 2.00. The van der Waals surface area contributed by atoms with Gasteiger partial charge in [0.1, 0.15) is 11.5 Å². The summed E-state index contributed by atoms with van der Waals surface area (Å²) in [5.74, 6) is 1.39. The van der Waals surface area contributed by atoms with Crippen LogP contribution in [0, 0.1) is 0 Å². The third kappa shape index (κ3) is 3.51. The van der Waals surface area contributed by atoms with E-state index in [0.29, 0.717) is 11.5 Å². The Labute approximate surface area is 108 Å². The van der Waals surface area contributed by atoms with E-state index in [2.05, 4.69) is 31.2 Å². The Morgan fingerprint density at radius 2 is 1.82 bits per heavy atom. The van der Waals surface area contributed by atoms with Crippen molar-refractivity contribution in [3.05, 3.63) is 47.0 Å². The zero-order chi connectivity index (χ0) is 12.1. The Morgan fingerprint density at radius 3 is 2.53 bits per heavy atom. The van der Waals surface area contributed by atoms with E-state index in [1.165, 1.54) is 0 Å². The highest BCUT2D eigenvalue weighted by atomic mass is 79.9. The van der Waals surface area contributed by atoms with Crippen molar-refractivity contribution in [3.63, 3.8) is 0 Å². The fraction of sp³-hybridized carbons (Fsp3) is 0.167. The van der Waals surface area contributed by atoms with E-state index in [0.717, 1.165) is 16.6 Å². The molecule has 88 valence electrons. The first kappa shape index (κ1) is 12.0. The van der Waals surface area contributed by atoms with E-state index < -0.39 is 0 Å². The van der Waals surface area contributed by atoms with Crippen LogP contribution in [0.3, 0.4) is 0 Å². The van der Waals surface area contributed by atoms with Crippen LogP contribution >= 0.6 is 15.9 Å². The summed E-state index contributed by atoms with van der Waals surface area (Å²) in [6, 6.07) is 3.81. The van der Waals surface area contributed by atoms with Gasteiger partial charge >= 0.3 is 0 Å². The molecule has 0 atom stereocenters. The summed E-state index contributed by atoms with van der Waals surface area (Å²) >= 11 is 3.35. The molecule has 17 heavy (non-hydrogen) atoms. The van der Waals surface area contributed by atoms with Gasteiger partial charge in [0, 0.05) is 23.4 Å². The Morgan fingerprint density at radius 1 is 1.12 bits per heavy atom. The molecule has 0 aromatic carbocycles. The maximum Gasteiger partial charge on any atom is 0.146 e. The summed E-state index contributed by atoms with van der Waals surface area (Å²) in [6.45, 7) is 0.765. The fourth-order valence-electron chi connectivity index (χ4n) is 1.40. The van der Waals surface area contributed by atoms with E-state index in [1.54, 1.807) is 18.6 Å². The van der Waals surface area contributed by atoms with Gasteiger partial charge in [-0.3, -0.25) is 9.97 Å². The Kier molecular flexibility index (Phi) is 4.06. The maximum absolute atomic E-state index is 5.66. The molecule has 0 aliphatic rings. The van der Waals surface area contributed by atoms with E-state index in [1.807, 2.05) is 25.4 Å². The first-order valence-corrected chi connectivity index (χ1v) is 5.94. The van der Waals surface area contributed by atoms with Crippen LogP contribution in [0.1, 0.15) is 5.56 Å². The molecule has 0 aliphatic carbocycles. The first-order valence-electron chi connectivity index (χ1n) is 5.15. The Bertz CT molecular complexity index is 505. The van der Waals surface area contributed by atoms with Crippen molar-refractivity contribution >= 4 is 15.9 Å². The predicted octanol–water partition coefficient (Wildman–Crippen LogP) is 2.75. The molecular formula is C12H12BrN3O. The average molecular weight is 294 g/mol. The van der Waals surface area contributed by atoms with Crippen LogP contribution in [0.5, 0.6) is 11.5 Å². The van der Waals surface area contributed by atoms with Gasteiger partial charge in [-0.05, 0) is 40.7 Å². The van der Waals surface area contributed by atoms with Crippen LogP contribution in [0.4, 0.5) is 0 Å². The minimum absolute atomic E-state index is 0.683. The lowest BCUT2D eigenvalue weighted by atomic mass is 10.3. The summed E-state index contributed by atoms with van der Waals surface area (Å²) in [5, 5.41) is 3.07. The van der Waals surface area contributed by atoms with Crippen molar-refractivity contribution in [2.75, 3.05) is 7.05 Å². The molecule has 2 heterocycles. The number of aromatic nitrogens is 2. The van der Waals surface area contributed by atoms with E-state index >= 15 is 0 Å². The highest BCUT2D eigenvalue weighted by Crippen LogP contribution is 2.23. The van der Waals surface area contributed by atoms with Gasteiger partial charge in [-0.1, -0.05) is 0 Å².